The van der Waals surface area contributed by atoms with Crippen LogP contribution in [0.5, 0.6) is 0 Å². The van der Waals surface area contributed by atoms with Crippen LogP contribution in [-0.2, 0) is 19.0 Å². The molecular formula is C29H51NO6. The minimum Gasteiger partial charge on any atom is -0.481 e. The first-order chi connectivity index (χ1) is 17.3. The summed E-state index contributed by atoms with van der Waals surface area (Å²) in [6, 6.07) is -0.483. The van der Waals surface area contributed by atoms with Gasteiger partial charge in [-0.25, -0.2) is 0 Å². The summed E-state index contributed by atoms with van der Waals surface area (Å²) in [7, 11) is 0. The van der Waals surface area contributed by atoms with Gasteiger partial charge in [-0.05, 0) is 111 Å². The van der Waals surface area contributed by atoms with Gasteiger partial charge in [0.15, 0.2) is 0 Å². The van der Waals surface area contributed by atoms with E-state index in [4.69, 9.17) is 30.2 Å². The van der Waals surface area contributed by atoms with Gasteiger partial charge >= 0.3 is 5.97 Å². The van der Waals surface area contributed by atoms with Crippen molar-refractivity contribution in [3.63, 3.8) is 0 Å². The molecule has 4 saturated carbocycles. The molecule has 0 bridgehead atoms. The zero-order chi connectivity index (χ0) is 25.8. The van der Waals surface area contributed by atoms with E-state index < -0.39 is 12.0 Å². The number of hydrogen-bond donors (Lipinski definition) is 3. The first-order valence-corrected chi connectivity index (χ1v) is 14.6. The third kappa shape index (κ3) is 6.12. The summed E-state index contributed by atoms with van der Waals surface area (Å²) in [6.45, 7) is 6.18. The Balaban J connectivity index is 1.26. The summed E-state index contributed by atoms with van der Waals surface area (Å²) in [5.41, 5.74) is 6.74. The molecule has 0 saturated heterocycles. The van der Waals surface area contributed by atoms with Crippen LogP contribution in [0.4, 0.5) is 0 Å². The molecule has 0 radical (unpaired) electrons. The molecule has 208 valence electrons. The van der Waals surface area contributed by atoms with Crippen LogP contribution in [0.2, 0.25) is 0 Å². The quantitative estimate of drug-likeness (QED) is 0.238. The number of ether oxygens (including phenoxy) is 3. The van der Waals surface area contributed by atoms with E-state index in [9.17, 15) is 4.79 Å². The Morgan fingerprint density at radius 2 is 1.78 bits per heavy atom. The standard InChI is InChI=1S/C29H51NO6/c1-28-13-11-26-24(25(28)9-7-20(28)5-3-4-14-34-18-31)8-6-21-15-23(10-12-29(21,26)2)36-19-35-17-22(30)16-27(32)33/h20-26,31H,3-19,30H2,1-2H3,(H,32,33)/t20?,21?,22-,23?,24-,25-,26?,28?,29?/m0/s1. The number of rotatable bonds is 13. The third-order valence-electron chi connectivity index (χ3n) is 11.2. The summed E-state index contributed by atoms with van der Waals surface area (Å²) in [4.78, 5) is 10.7. The van der Waals surface area contributed by atoms with Gasteiger partial charge in [0, 0.05) is 12.6 Å². The molecule has 0 spiro atoms. The molecule has 0 aromatic rings. The van der Waals surface area contributed by atoms with Crippen molar-refractivity contribution < 1.29 is 29.2 Å². The number of nitrogens with two attached hydrogens (primary N) is 1. The number of carboxylic acids is 1. The summed E-state index contributed by atoms with van der Waals surface area (Å²) >= 11 is 0. The fraction of sp³-hybridized carbons (Fsp3) is 0.966. The Kier molecular flexibility index (Phi) is 9.76. The van der Waals surface area contributed by atoms with E-state index in [0.29, 0.717) is 17.4 Å². The number of aliphatic hydroxyl groups is 1. The normalized spacial score (nSPS) is 40.8. The van der Waals surface area contributed by atoms with Crippen LogP contribution < -0.4 is 5.73 Å². The number of carbonyl (C=O) groups is 1. The Labute approximate surface area is 217 Å². The molecule has 4 aliphatic rings. The Bertz CT molecular complexity index is 720. The van der Waals surface area contributed by atoms with Gasteiger partial charge in [0.2, 0.25) is 0 Å². The number of unbranched alkanes of at least 4 members (excludes halogenated alkanes) is 1. The van der Waals surface area contributed by atoms with Gasteiger partial charge in [-0.3, -0.25) is 4.79 Å². The van der Waals surface area contributed by atoms with Crippen molar-refractivity contribution in [3.8, 4) is 0 Å². The lowest BCUT2D eigenvalue weighted by Crippen LogP contribution is -2.54. The smallest absolute Gasteiger partial charge is 0.305 e. The van der Waals surface area contributed by atoms with Crippen LogP contribution in [0.3, 0.4) is 0 Å². The predicted molar refractivity (Wildman–Crippen MR) is 138 cm³/mol. The van der Waals surface area contributed by atoms with Crippen molar-refractivity contribution in [2.75, 3.05) is 26.8 Å². The Morgan fingerprint density at radius 1 is 1.00 bits per heavy atom. The second kappa shape index (κ2) is 12.4. The SMILES string of the molecule is CC12CCC(OCOC[C@@H](N)CC(=O)O)CC1CC[C@@H]1C2CCC2(C)C(CCCCOCO)CC[C@@H]12. The predicted octanol–water partition coefficient (Wildman–Crippen LogP) is 4.94. The lowest BCUT2D eigenvalue weighted by molar-refractivity contribution is -0.158. The molecule has 0 aliphatic heterocycles. The zero-order valence-electron chi connectivity index (χ0n) is 22.7. The highest BCUT2D eigenvalue weighted by molar-refractivity contribution is 5.67. The maximum Gasteiger partial charge on any atom is 0.305 e. The summed E-state index contributed by atoms with van der Waals surface area (Å²) in [5.74, 6) is 3.34. The average molecular weight is 510 g/mol. The Hall–Kier alpha value is -0.730. The van der Waals surface area contributed by atoms with Gasteiger partial charge in [-0.2, -0.15) is 0 Å². The van der Waals surface area contributed by atoms with Crippen molar-refractivity contribution in [1.29, 1.82) is 0 Å². The average Bonchev–Trinajstić information content (AvgIpc) is 3.17. The number of fused-ring (bicyclic) bond motifs is 5. The molecule has 4 N–H and O–H groups in total. The largest absolute Gasteiger partial charge is 0.481 e. The maximum atomic E-state index is 10.7. The fourth-order valence-corrected chi connectivity index (χ4v) is 9.24. The summed E-state index contributed by atoms with van der Waals surface area (Å²) in [6.07, 6.45) is 15.6. The van der Waals surface area contributed by atoms with Gasteiger partial charge < -0.3 is 30.2 Å². The highest BCUT2D eigenvalue weighted by Crippen LogP contribution is 2.68. The number of aliphatic hydroxyl groups excluding tert-OH is 1. The van der Waals surface area contributed by atoms with Crippen molar-refractivity contribution >= 4 is 5.97 Å². The third-order valence-corrected chi connectivity index (χ3v) is 11.2. The number of hydrogen-bond acceptors (Lipinski definition) is 6. The second-order valence-corrected chi connectivity index (χ2v) is 12.9. The maximum absolute atomic E-state index is 10.7. The molecule has 6 unspecified atom stereocenters. The highest BCUT2D eigenvalue weighted by Gasteiger charge is 2.59. The number of aliphatic carboxylic acids is 1. The van der Waals surface area contributed by atoms with Gasteiger partial charge in [0.05, 0.1) is 19.1 Å². The molecule has 7 nitrogen and oxygen atoms in total. The molecule has 0 aromatic heterocycles. The second-order valence-electron chi connectivity index (χ2n) is 12.9. The monoisotopic (exact) mass is 509 g/mol. The minimum atomic E-state index is -0.894. The Morgan fingerprint density at radius 3 is 2.56 bits per heavy atom. The molecule has 36 heavy (non-hydrogen) atoms. The summed E-state index contributed by atoms with van der Waals surface area (Å²) in [5, 5.41) is 17.7. The van der Waals surface area contributed by atoms with E-state index in [0.717, 1.165) is 48.9 Å². The molecular weight excluding hydrogens is 458 g/mol. The van der Waals surface area contributed by atoms with E-state index >= 15 is 0 Å². The minimum absolute atomic E-state index is 0.0766. The molecule has 9 atom stereocenters. The molecule has 0 aromatic carbocycles. The van der Waals surface area contributed by atoms with Gasteiger partial charge in [0.25, 0.3) is 0 Å². The van der Waals surface area contributed by atoms with Crippen molar-refractivity contribution in [2.24, 2.45) is 46.2 Å². The van der Waals surface area contributed by atoms with Gasteiger partial charge in [-0.1, -0.05) is 20.3 Å². The van der Waals surface area contributed by atoms with Crippen LogP contribution >= 0.6 is 0 Å². The first-order valence-electron chi connectivity index (χ1n) is 14.6. The van der Waals surface area contributed by atoms with E-state index in [1.165, 1.54) is 57.8 Å². The first kappa shape index (κ1) is 28.3. The number of carboxylic acid groups (broad SMARTS) is 1. The van der Waals surface area contributed by atoms with E-state index in [2.05, 4.69) is 13.8 Å². The summed E-state index contributed by atoms with van der Waals surface area (Å²) < 4.78 is 16.7. The highest BCUT2D eigenvalue weighted by atomic mass is 16.7. The lowest BCUT2D eigenvalue weighted by atomic mass is 9.44. The van der Waals surface area contributed by atoms with Crippen molar-refractivity contribution in [3.05, 3.63) is 0 Å². The fourth-order valence-electron chi connectivity index (χ4n) is 9.24. The van der Waals surface area contributed by atoms with Crippen molar-refractivity contribution in [1.82, 2.24) is 0 Å². The van der Waals surface area contributed by atoms with Crippen LogP contribution in [0.25, 0.3) is 0 Å². The molecule has 4 aliphatic carbocycles. The molecule has 7 heteroatoms. The van der Waals surface area contributed by atoms with E-state index in [1.54, 1.807) is 0 Å². The lowest BCUT2D eigenvalue weighted by Gasteiger charge is -2.61. The topological polar surface area (TPSA) is 111 Å². The van der Waals surface area contributed by atoms with Gasteiger partial charge in [-0.15, -0.1) is 0 Å². The zero-order valence-corrected chi connectivity index (χ0v) is 22.7. The van der Waals surface area contributed by atoms with E-state index in [1.807, 2.05) is 0 Å². The molecule has 4 fully saturated rings. The van der Waals surface area contributed by atoms with Crippen LogP contribution in [-0.4, -0.2) is 55.1 Å². The van der Waals surface area contributed by atoms with Crippen LogP contribution in [0, 0.1) is 40.4 Å². The van der Waals surface area contributed by atoms with Crippen LogP contribution in [0.1, 0.15) is 97.3 Å². The van der Waals surface area contributed by atoms with E-state index in [-0.39, 0.29) is 32.7 Å². The van der Waals surface area contributed by atoms with Crippen molar-refractivity contribution in [2.45, 2.75) is 109 Å². The van der Waals surface area contributed by atoms with Gasteiger partial charge in [0.1, 0.15) is 13.6 Å². The van der Waals surface area contributed by atoms with Crippen LogP contribution in [0.15, 0.2) is 0 Å². The molecule has 0 heterocycles. The molecule has 0 amide bonds. The molecule has 4 rings (SSSR count).